The zero-order valence-corrected chi connectivity index (χ0v) is 9.85. The number of aryl methyl sites for hydroxylation is 2. The van der Waals surface area contributed by atoms with Crippen molar-refractivity contribution >= 4 is 11.6 Å². The van der Waals surface area contributed by atoms with Gasteiger partial charge in [-0.1, -0.05) is 23.7 Å². The fourth-order valence-corrected chi connectivity index (χ4v) is 1.95. The predicted octanol–water partition coefficient (Wildman–Crippen LogP) is 4.16. The van der Waals surface area contributed by atoms with Crippen LogP contribution in [0.1, 0.15) is 11.1 Å². The summed E-state index contributed by atoms with van der Waals surface area (Å²) in [6, 6.07) is 8.63. The minimum atomic E-state index is -0.257. The van der Waals surface area contributed by atoms with Crippen molar-refractivity contribution in [3.05, 3.63) is 52.4 Å². The maximum absolute atomic E-state index is 13.8. The van der Waals surface area contributed by atoms with Crippen LogP contribution in [0.4, 0.5) is 4.39 Å². The Morgan fingerprint density at radius 3 is 2.56 bits per heavy atom. The lowest BCUT2D eigenvalue weighted by Crippen LogP contribution is -1.93. The molecule has 1 nitrogen and oxygen atoms in total. The van der Waals surface area contributed by atoms with Crippen molar-refractivity contribution in [3.8, 4) is 11.3 Å². The van der Waals surface area contributed by atoms with E-state index in [-0.39, 0.29) is 5.82 Å². The van der Waals surface area contributed by atoms with Gasteiger partial charge in [0.05, 0.1) is 5.69 Å². The molecule has 82 valence electrons. The first kappa shape index (κ1) is 11.1. The number of aromatic nitrogens is 1. The number of pyridine rings is 1. The number of halogens is 2. The van der Waals surface area contributed by atoms with Gasteiger partial charge in [-0.25, -0.2) is 9.37 Å². The Morgan fingerprint density at radius 1 is 1.19 bits per heavy atom. The molecule has 1 aromatic carbocycles. The van der Waals surface area contributed by atoms with Crippen LogP contribution < -0.4 is 0 Å². The third-order valence-corrected chi connectivity index (χ3v) is 2.61. The Kier molecular flexibility index (Phi) is 2.92. The zero-order chi connectivity index (χ0) is 11.7. The van der Waals surface area contributed by atoms with E-state index in [4.69, 9.17) is 11.6 Å². The lowest BCUT2D eigenvalue weighted by molar-refractivity contribution is 0.628. The van der Waals surface area contributed by atoms with Crippen LogP contribution in [0.15, 0.2) is 30.3 Å². The van der Waals surface area contributed by atoms with Gasteiger partial charge in [0.25, 0.3) is 0 Å². The van der Waals surface area contributed by atoms with Gasteiger partial charge in [0, 0.05) is 5.56 Å². The topological polar surface area (TPSA) is 12.9 Å². The van der Waals surface area contributed by atoms with Crippen molar-refractivity contribution in [2.45, 2.75) is 13.8 Å². The molecule has 2 rings (SSSR count). The van der Waals surface area contributed by atoms with Crippen LogP contribution in [0.5, 0.6) is 0 Å². The monoisotopic (exact) mass is 235 g/mol. The molecule has 0 aliphatic rings. The lowest BCUT2D eigenvalue weighted by Gasteiger charge is -2.08. The number of nitrogens with zero attached hydrogens (tertiary/aromatic N) is 1. The molecule has 0 aliphatic heterocycles. The molecule has 0 spiro atoms. The Hall–Kier alpha value is -1.41. The first-order valence-corrected chi connectivity index (χ1v) is 5.35. The maximum Gasteiger partial charge on any atom is 0.133 e. The van der Waals surface area contributed by atoms with Crippen LogP contribution in [0.25, 0.3) is 11.3 Å². The van der Waals surface area contributed by atoms with E-state index >= 15 is 0 Å². The first-order chi connectivity index (χ1) is 7.58. The Labute approximate surface area is 98.9 Å². The molecule has 1 aromatic heterocycles. The van der Waals surface area contributed by atoms with Crippen molar-refractivity contribution in [3.63, 3.8) is 0 Å². The summed E-state index contributed by atoms with van der Waals surface area (Å²) in [4.78, 5) is 4.12. The van der Waals surface area contributed by atoms with Crippen molar-refractivity contribution in [2.24, 2.45) is 0 Å². The summed E-state index contributed by atoms with van der Waals surface area (Å²) in [5.41, 5.74) is 2.86. The second-order valence-electron chi connectivity index (χ2n) is 3.78. The number of rotatable bonds is 1. The Balaban J connectivity index is 2.64. The summed E-state index contributed by atoms with van der Waals surface area (Å²) >= 11 is 5.80. The van der Waals surface area contributed by atoms with Gasteiger partial charge in [-0.3, -0.25) is 0 Å². The van der Waals surface area contributed by atoms with Gasteiger partial charge in [-0.2, -0.15) is 0 Å². The summed E-state index contributed by atoms with van der Waals surface area (Å²) in [6.07, 6.45) is 0. The quantitative estimate of drug-likeness (QED) is 0.677. The highest BCUT2D eigenvalue weighted by Gasteiger charge is 2.10. The Bertz CT molecular complexity index is 514. The van der Waals surface area contributed by atoms with Gasteiger partial charge < -0.3 is 0 Å². The van der Waals surface area contributed by atoms with Crippen molar-refractivity contribution in [1.82, 2.24) is 4.98 Å². The average molecular weight is 236 g/mol. The molecule has 0 radical (unpaired) electrons. The minimum Gasteiger partial charge on any atom is -0.236 e. The standard InChI is InChI=1S/C13H11ClFN/c1-8-6-9(2)13(10(15)7-8)11-4-3-5-12(14)16-11/h3-7H,1-2H3. The van der Waals surface area contributed by atoms with E-state index in [2.05, 4.69) is 4.98 Å². The van der Waals surface area contributed by atoms with E-state index < -0.39 is 0 Å². The van der Waals surface area contributed by atoms with E-state index in [1.54, 1.807) is 18.2 Å². The van der Waals surface area contributed by atoms with Crippen LogP contribution in [0, 0.1) is 19.7 Å². The van der Waals surface area contributed by atoms with Crippen LogP contribution >= 0.6 is 11.6 Å². The minimum absolute atomic E-state index is 0.257. The molecular weight excluding hydrogens is 225 g/mol. The molecule has 1 heterocycles. The average Bonchev–Trinajstić information content (AvgIpc) is 2.15. The van der Waals surface area contributed by atoms with E-state index in [9.17, 15) is 4.39 Å². The van der Waals surface area contributed by atoms with Gasteiger partial charge in [-0.15, -0.1) is 0 Å². The van der Waals surface area contributed by atoms with Gasteiger partial charge >= 0.3 is 0 Å². The van der Waals surface area contributed by atoms with E-state index in [1.165, 1.54) is 6.07 Å². The molecule has 2 aromatic rings. The highest BCUT2D eigenvalue weighted by molar-refractivity contribution is 6.29. The molecule has 0 unspecified atom stereocenters. The van der Waals surface area contributed by atoms with Crippen molar-refractivity contribution in [2.75, 3.05) is 0 Å². The molecule has 0 amide bonds. The van der Waals surface area contributed by atoms with Crippen LogP contribution in [0.2, 0.25) is 5.15 Å². The van der Waals surface area contributed by atoms with Crippen LogP contribution in [-0.4, -0.2) is 4.98 Å². The largest absolute Gasteiger partial charge is 0.236 e. The first-order valence-electron chi connectivity index (χ1n) is 4.97. The highest BCUT2D eigenvalue weighted by atomic mass is 35.5. The van der Waals surface area contributed by atoms with Crippen LogP contribution in [0.3, 0.4) is 0 Å². The number of hydrogen-bond acceptors (Lipinski definition) is 1. The van der Waals surface area contributed by atoms with Crippen molar-refractivity contribution < 1.29 is 4.39 Å². The summed E-state index contributed by atoms with van der Waals surface area (Å²) < 4.78 is 13.8. The second kappa shape index (κ2) is 4.22. The molecule has 0 atom stereocenters. The lowest BCUT2D eigenvalue weighted by atomic mass is 10.0. The summed E-state index contributed by atoms with van der Waals surface area (Å²) in [6.45, 7) is 3.74. The molecule has 16 heavy (non-hydrogen) atoms. The zero-order valence-electron chi connectivity index (χ0n) is 9.09. The normalized spacial score (nSPS) is 10.5. The summed E-state index contributed by atoms with van der Waals surface area (Å²) in [5.74, 6) is -0.257. The third-order valence-electron chi connectivity index (χ3n) is 2.40. The van der Waals surface area contributed by atoms with E-state index in [0.717, 1.165) is 11.1 Å². The van der Waals surface area contributed by atoms with E-state index in [1.807, 2.05) is 19.9 Å². The van der Waals surface area contributed by atoms with Gasteiger partial charge in [0.1, 0.15) is 11.0 Å². The fourth-order valence-electron chi connectivity index (χ4n) is 1.79. The third kappa shape index (κ3) is 2.07. The molecule has 0 N–H and O–H groups in total. The summed E-state index contributed by atoms with van der Waals surface area (Å²) in [7, 11) is 0. The molecular formula is C13H11ClFN. The Morgan fingerprint density at radius 2 is 1.94 bits per heavy atom. The van der Waals surface area contributed by atoms with Crippen LogP contribution in [-0.2, 0) is 0 Å². The molecule has 0 aliphatic carbocycles. The van der Waals surface area contributed by atoms with Crippen molar-refractivity contribution in [1.29, 1.82) is 0 Å². The molecule has 0 saturated carbocycles. The number of hydrogen-bond donors (Lipinski definition) is 0. The molecule has 3 heteroatoms. The van der Waals surface area contributed by atoms with Gasteiger partial charge in [0.15, 0.2) is 0 Å². The van der Waals surface area contributed by atoms with E-state index in [0.29, 0.717) is 16.4 Å². The SMILES string of the molecule is Cc1cc(C)c(-c2cccc(Cl)n2)c(F)c1. The maximum atomic E-state index is 13.8. The molecule has 0 fully saturated rings. The number of benzene rings is 1. The fraction of sp³-hybridized carbons (Fsp3) is 0.154. The smallest absolute Gasteiger partial charge is 0.133 e. The second-order valence-corrected chi connectivity index (χ2v) is 4.17. The summed E-state index contributed by atoms with van der Waals surface area (Å²) in [5, 5.41) is 0.372. The molecule has 0 saturated heterocycles. The highest BCUT2D eigenvalue weighted by Crippen LogP contribution is 2.26. The van der Waals surface area contributed by atoms with Gasteiger partial charge in [-0.05, 0) is 43.2 Å². The molecule has 0 bridgehead atoms. The predicted molar refractivity (Wildman–Crippen MR) is 64.1 cm³/mol. The van der Waals surface area contributed by atoms with Gasteiger partial charge in [0.2, 0.25) is 0 Å².